The standard InChI is InChI=1S/C16H29ClN2O3/c1-11(2)19(14(20)10-17)13-9-7-6-8-12(13)18-15(21)22-16(3,4)5/h11-13H,6-10H2,1-5H3,(H,18,21)/t12-,13+/m1/s1. The summed E-state index contributed by atoms with van der Waals surface area (Å²) in [6.07, 6.45) is 3.39. The molecule has 0 heterocycles. The first-order valence-corrected chi connectivity index (χ1v) is 8.56. The number of rotatable bonds is 4. The van der Waals surface area contributed by atoms with Crippen LogP contribution in [0.4, 0.5) is 4.79 Å². The van der Waals surface area contributed by atoms with Crippen LogP contribution in [-0.2, 0) is 9.53 Å². The van der Waals surface area contributed by atoms with E-state index in [1.807, 2.05) is 39.5 Å². The molecule has 1 aliphatic carbocycles. The minimum absolute atomic E-state index is 0.0208. The van der Waals surface area contributed by atoms with Gasteiger partial charge >= 0.3 is 6.09 Å². The minimum atomic E-state index is -0.530. The van der Waals surface area contributed by atoms with Crippen molar-refractivity contribution in [3.63, 3.8) is 0 Å². The first-order chi connectivity index (χ1) is 10.2. The molecule has 0 radical (unpaired) electrons. The van der Waals surface area contributed by atoms with E-state index in [2.05, 4.69) is 5.32 Å². The highest BCUT2D eigenvalue weighted by Gasteiger charge is 2.35. The van der Waals surface area contributed by atoms with Crippen molar-refractivity contribution in [3.05, 3.63) is 0 Å². The highest BCUT2D eigenvalue weighted by Crippen LogP contribution is 2.25. The van der Waals surface area contributed by atoms with Crippen LogP contribution in [0.3, 0.4) is 0 Å². The minimum Gasteiger partial charge on any atom is -0.444 e. The van der Waals surface area contributed by atoms with Crippen LogP contribution in [0.5, 0.6) is 0 Å². The Morgan fingerprint density at radius 2 is 1.86 bits per heavy atom. The van der Waals surface area contributed by atoms with Crippen molar-refractivity contribution < 1.29 is 14.3 Å². The number of hydrogen-bond donors (Lipinski definition) is 1. The van der Waals surface area contributed by atoms with Gasteiger partial charge in [0.05, 0.1) is 12.1 Å². The van der Waals surface area contributed by atoms with Crippen LogP contribution in [0, 0.1) is 0 Å². The molecule has 0 unspecified atom stereocenters. The lowest BCUT2D eigenvalue weighted by Crippen LogP contribution is -2.57. The van der Waals surface area contributed by atoms with Gasteiger partial charge in [-0.2, -0.15) is 0 Å². The molecule has 0 aromatic heterocycles. The van der Waals surface area contributed by atoms with Gasteiger partial charge in [-0.3, -0.25) is 4.79 Å². The zero-order valence-electron chi connectivity index (χ0n) is 14.3. The normalized spacial score (nSPS) is 22.3. The molecule has 1 aliphatic rings. The van der Waals surface area contributed by atoms with Crippen molar-refractivity contribution in [2.24, 2.45) is 0 Å². The van der Waals surface area contributed by atoms with E-state index < -0.39 is 11.7 Å². The van der Waals surface area contributed by atoms with Crippen molar-refractivity contribution in [2.45, 2.75) is 84.0 Å². The van der Waals surface area contributed by atoms with Crippen LogP contribution < -0.4 is 5.32 Å². The second-order valence-corrected chi connectivity index (χ2v) is 7.40. The molecule has 0 aliphatic heterocycles. The topological polar surface area (TPSA) is 58.6 Å². The lowest BCUT2D eigenvalue weighted by molar-refractivity contribution is -0.134. The number of nitrogens with one attached hydrogen (secondary N) is 1. The molecule has 6 heteroatoms. The van der Waals surface area contributed by atoms with Gasteiger partial charge in [0.15, 0.2) is 0 Å². The zero-order chi connectivity index (χ0) is 16.9. The van der Waals surface area contributed by atoms with Crippen molar-refractivity contribution in [1.82, 2.24) is 10.2 Å². The van der Waals surface area contributed by atoms with Crippen LogP contribution in [-0.4, -0.2) is 46.5 Å². The average molecular weight is 333 g/mol. The Labute approximate surface area is 138 Å². The molecule has 2 atom stereocenters. The number of ether oxygens (including phenoxy) is 1. The van der Waals surface area contributed by atoms with Crippen LogP contribution in [0.2, 0.25) is 0 Å². The van der Waals surface area contributed by atoms with Crippen molar-refractivity contribution in [2.75, 3.05) is 5.88 Å². The molecular formula is C16H29ClN2O3. The van der Waals surface area contributed by atoms with Gasteiger partial charge < -0.3 is 15.0 Å². The van der Waals surface area contributed by atoms with Crippen LogP contribution in [0.1, 0.15) is 60.3 Å². The molecule has 128 valence electrons. The molecule has 1 rings (SSSR count). The second kappa shape index (κ2) is 8.04. The van der Waals surface area contributed by atoms with E-state index in [1.54, 1.807) is 0 Å². The van der Waals surface area contributed by atoms with Gasteiger partial charge in [0.25, 0.3) is 0 Å². The lowest BCUT2D eigenvalue weighted by Gasteiger charge is -2.42. The first-order valence-electron chi connectivity index (χ1n) is 8.02. The van der Waals surface area contributed by atoms with Crippen molar-refractivity contribution in [3.8, 4) is 0 Å². The number of alkyl halides is 1. The Balaban J connectivity index is 2.81. The fourth-order valence-corrected chi connectivity index (χ4v) is 3.13. The third-order valence-corrected chi connectivity index (χ3v) is 3.98. The maximum atomic E-state index is 12.2. The number of alkyl carbamates (subject to hydrolysis) is 1. The SMILES string of the molecule is CC(C)N(C(=O)CCl)[C@H]1CCCC[C@H]1NC(=O)OC(C)(C)C. The Hall–Kier alpha value is -0.970. The van der Waals surface area contributed by atoms with Crippen LogP contribution in [0.15, 0.2) is 0 Å². The quantitative estimate of drug-likeness (QED) is 0.803. The summed E-state index contributed by atoms with van der Waals surface area (Å²) < 4.78 is 5.34. The molecule has 2 amide bonds. The van der Waals surface area contributed by atoms with Gasteiger partial charge in [-0.25, -0.2) is 4.79 Å². The summed E-state index contributed by atoms with van der Waals surface area (Å²) in [4.78, 5) is 26.0. The summed E-state index contributed by atoms with van der Waals surface area (Å²) in [5, 5.41) is 2.94. The molecule has 5 nitrogen and oxygen atoms in total. The van der Waals surface area contributed by atoms with Gasteiger partial charge in [-0.15, -0.1) is 11.6 Å². The molecular weight excluding hydrogens is 304 g/mol. The molecule has 0 bridgehead atoms. The molecule has 0 saturated heterocycles. The lowest BCUT2D eigenvalue weighted by atomic mass is 9.88. The fourth-order valence-electron chi connectivity index (χ4n) is 3.00. The number of carbonyl (C=O) groups is 2. The van der Waals surface area contributed by atoms with E-state index in [0.29, 0.717) is 0 Å². The monoisotopic (exact) mass is 332 g/mol. The molecule has 0 spiro atoms. The molecule has 1 fully saturated rings. The summed E-state index contributed by atoms with van der Waals surface area (Å²) in [5.74, 6) is -0.118. The van der Waals surface area contributed by atoms with Gasteiger partial charge in [-0.1, -0.05) is 12.8 Å². The fraction of sp³-hybridized carbons (Fsp3) is 0.875. The number of amides is 2. The maximum Gasteiger partial charge on any atom is 0.407 e. The van der Waals surface area contributed by atoms with E-state index in [0.717, 1.165) is 25.7 Å². The van der Waals surface area contributed by atoms with Crippen molar-refractivity contribution in [1.29, 1.82) is 0 Å². The number of nitrogens with zero attached hydrogens (tertiary/aromatic N) is 1. The molecule has 22 heavy (non-hydrogen) atoms. The van der Waals surface area contributed by atoms with Crippen molar-refractivity contribution >= 4 is 23.6 Å². The Bertz CT molecular complexity index is 393. The summed E-state index contributed by atoms with van der Waals surface area (Å²) >= 11 is 5.75. The summed E-state index contributed by atoms with van der Waals surface area (Å²) in [6, 6.07) is -0.0528. The molecule has 0 aromatic carbocycles. The molecule has 1 saturated carbocycles. The smallest absolute Gasteiger partial charge is 0.407 e. The molecule has 1 N–H and O–H groups in total. The predicted octanol–water partition coefficient (Wildman–Crippen LogP) is 3.30. The van der Waals surface area contributed by atoms with Gasteiger partial charge in [0.1, 0.15) is 11.5 Å². The van der Waals surface area contributed by atoms with E-state index in [1.165, 1.54) is 0 Å². The third-order valence-electron chi connectivity index (χ3n) is 3.75. The van der Waals surface area contributed by atoms with Gasteiger partial charge in [0.2, 0.25) is 5.91 Å². The first kappa shape index (κ1) is 19.1. The number of halogens is 1. The van der Waals surface area contributed by atoms with E-state index in [-0.39, 0.29) is 29.9 Å². The van der Waals surface area contributed by atoms with Crippen LogP contribution in [0.25, 0.3) is 0 Å². The van der Waals surface area contributed by atoms with Crippen LogP contribution >= 0.6 is 11.6 Å². The molecule has 0 aromatic rings. The Morgan fingerprint density at radius 1 is 1.27 bits per heavy atom. The Morgan fingerprint density at radius 3 is 2.36 bits per heavy atom. The predicted molar refractivity (Wildman–Crippen MR) is 88.1 cm³/mol. The largest absolute Gasteiger partial charge is 0.444 e. The summed E-state index contributed by atoms with van der Waals surface area (Å²) in [6.45, 7) is 9.46. The van der Waals surface area contributed by atoms with E-state index in [9.17, 15) is 9.59 Å². The number of hydrogen-bond acceptors (Lipinski definition) is 3. The number of carbonyl (C=O) groups excluding carboxylic acids is 2. The average Bonchev–Trinajstić information content (AvgIpc) is 2.38. The van der Waals surface area contributed by atoms with E-state index in [4.69, 9.17) is 16.3 Å². The highest BCUT2D eigenvalue weighted by molar-refractivity contribution is 6.27. The summed E-state index contributed by atoms with van der Waals surface area (Å²) in [7, 11) is 0. The second-order valence-electron chi connectivity index (χ2n) is 7.13. The van der Waals surface area contributed by atoms with E-state index >= 15 is 0 Å². The van der Waals surface area contributed by atoms with Gasteiger partial charge in [-0.05, 0) is 47.5 Å². The zero-order valence-corrected chi connectivity index (χ0v) is 15.1. The highest BCUT2D eigenvalue weighted by atomic mass is 35.5. The third kappa shape index (κ3) is 5.67. The maximum absolute atomic E-state index is 12.2. The summed E-state index contributed by atoms with van der Waals surface area (Å²) in [5.41, 5.74) is -0.530. The Kier molecular flexibility index (Phi) is 6.98. The van der Waals surface area contributed by atoms with Gasteiger partial charge in [0, 0.05) is 6.04 Å².